The molecule has 1 N–H and O–H groups in total. The molecule has 0 spiro atoms. The first-order valence-electron chi connectivity index (χ1n) is 12.8. The Morgan fingerprint density at radius 3 is 2.48 bits per heavy atom. The van der Waals surface area contributed by atoms with Crippen molar-refractivity contribution in [3.63, 3.8) is 0 Å². The fraction of sp³-hybridized carbons (Fsp3) is 0.552. The minimum atomic E-state index is 0.217. The highest BCUT2D eigenvalue weighted by atomic mass is 16.5. The van der Waals surface area contributed by atoms with Crippen LogP contribution in [0.1, 0.15) is 82.9 Å². The van der Waals surface area contributed by atoms with Gasteiger partial charge in [0.15, 0.2) is 0 Å². The first-order chi connectivity index (χ1) is 16.0. The first-order valence-corrected chi connectivity index (χ1v) is 12.8. The molecule has 1 aliphatic carbocycles. The predicted octanol–water partition coefficient (Wildman–Crippen LogP) is 7.29. The van der Waals surface area contributed by atoms with Gasteiger partial charge in [-0.2, -0.15) is 5.26 Å². The van der Waals surface area contributed by atoms with E-state index in [4.69, 9.17) is 4.74 Å². The number of fused-ring (bicyclic) bond motifs is 1. The van der Waals surface area contributed by atoms with E-state index in [0.717, 1.165) is 61.2 Å². The third-order valence-corrected chi connectivity index (χ3v) is 8.06. The van der Waals surface area contributed by atoms with E-state index < -0.39 is 0 Å². The molecule has 1 heterocycles. The molecule has 176 valence electrons. The average Bonchev–Trinajstić information content (AvgIpc) is 2.87. The molecular formula is C29H38N2O2. The van der Waals surface area contributed by atoms with Gasteiger partial charge in [0.25, 0.3) is 0 Å². The smallest absolute Gasteiger partial charge is 0.138 e. The van der Waals surface area contributed by atoms with Crippen LogP contribution < -0.4 is 4.74 Å². The highest BCUT2D eigenvalue weighted by Crippen LogP contribution is 2.35. The Bertz CT molecular complexity index is 1020. The zero-order valence-electron chi connectivity index (χ0n) is 20.4. The lowest BCUT2D eigenvalue weighted by atomic mass is 9.86. The lowest BCUT2D eigenvalue weighted by Crippen LogP contribution is -2.36. The minimum absolute atomic E-state index is 0.217. The number of hydrogen-bond acceptors (Lipinski definition) is 4. The van der Waals surface area contributed by atoms with Gasteiger partial charge < -0.3 is 9.84 Å². The van der Waals surface area contributed by atoms with Gasteiger partial charge in [0, 0.05) is 17.3 Å². The molecule has 2 aromatic rings. The van der Waals surface area contributed by atoms with Crippen LogP contribution in [0.25, 0.3) is 10.8 Å². The third kappa shape index (κ3) is 5.20. The summed E-state index contributed by atoms with van der Waals surface area (Å²) in [5.74, 6) is 2.38. The number of nitriles is 1. The van der Waals surface area contributed by atoms with Crippen molar-refractivity contribution in [2.24, 2.45) is 11.8 Å². The maximum Gasteiger partial charge on any atom is 0.138 e. The molecule has 2 fully saturated rings. The minimum Gasteiger partial charge on any atom is -0.512 e. The Balaban J connectivity index is 1.52. The molecule has 0 amide bonds. The number of hydrogen-bond donors (Lipinski definition) is 1. The van der Waals surface area contributed by atoms with Crippen molar-refractivity contribution in [3.05, 3.63) is 53.3 Å². The zero-order chi connectivity index (χ0) is 23.4. The maximum atomic E-state index is 10.1. The molecule has 0 bridgehead atoms. The molecular weight excluding hydrogens is 408 g/mol. The van der Waals surface area contributed by atoms with Gasteiger partial charge in [-0.25, -0.2) is 0 Å². The number of likely N-dealkylation sites (tertiary alicyclic amines) is 1. The second kappa shape index (κ2) is 10.6. The highest BCUT2D eigenvalue weighted by Gasteiger charge is 2.26. The van der Waals surface area contributed by atoms with E-state index >= 15 is 0 Å². The first kappa shape index (κ1) is 23.6. The van der Waals surface area contributed by atoms with Crippen molar-refractivity contribution in [2.45, 2.75) is 77.9 Å². The number of rotatable bonds is 6. The van der Waals surface area contributed by atoms with Crippen molar-refractivity contribution in [1.82, 2.24) is 4.90 Å². The summed E-state index contributed by atoms with van der Waals surface area (Å²) in [7, 11) is 0. The van der Waals surface area contributed by atoms with Crippen molar-refractivity contribution in [3.8, 4) is 11.8 Å². The maximum absolute atomic E-state index is 10.1. The van der Waals surface area contributed by atoms with E-state index in [1.165, 1.54) is 24.8 Å². The Morgan fingerprint density at radius 1 is 1.15 bits per heavy atom. The van der Waals surface area contributed by atoms with Crippen LogP contribution in [0, 0.1) is 23.2 Å². The molecule has 33 heavy (non-hydrogen) atoms. The van der Waals surface area contributed by atoms with Crippen LogP contribution in [0.3, 0.4) is 0 Å². The van der Waals surface area contributed by atoms with Crippen molar-refractivity contribution < 1.29 is 9.84 Å². The molecule has 4 heteroatoms. The summed E-state index contributed by atoms with van der Waals surface area (Å²) in [6.45, 7) is 8.36. The van der Waals surface area contributed by atoms with Crippen LogP contribution in [-0.2, 0) is 0 Å². The van der Waals surface area contributed by atoms with E-state index in [2.05, 4.69) is 49.1 Å². The Morgan fingerprint density at radius 2 is 1.85 bits per heavy atom. The van der Waals surface area contributed by atoms with Crippen molar-refractivity contribution in [1.29, 1.82) is 5.26 Å². The fourth-order valence-corrected chi connectivity index (χ4v) is 5.66. The van der Waals surface area contributed by atoms with Gasteiger partial charge in [-0.3, -0.25) is 4.90 Å². The summed E-state index contributed by atoms with van der Waals surface area (Å²) in [6, 6.07) is 13.3. The number of aliphatic hydroxyl groups is 1. The monoisotopic (exact) mass is 446 g/mol. The number of nitrogens with zero attached hydrogens (tertiary/aromatic N) is 2. The fourth-order valence-electron chi connectivity index (χ4n) is 5.66. The van der Waals surface area contributed by atoms with Crippen LogP contribution >= 0.6 is 0 Å². The quantitative estimate of drug-likeness (QED) is 0.473. The van der Waals surface area contributed by atoms with Crippen LogP contribution in [0.2, 0.25) is 0 Å². The molecule has 4 rings (SSSR count). The second-order valence-corrected chi connectivity index (χ2v) is 9.90. The Labute approximate surface area is 198 Å². The summed E-state index contributed by atoms with van der Waals surface area (Å²) in [5.41, 5.74) is 1.89. The molecule has 2 aliphatic rings. The summed E-state index contributed by atoms with van der Waals surface area (Å²) < 4.78 is 6.38. The molecule has 2 aromatic carbocycles. The van der Waals surface area contributed by atoms with Gasteiger partial charge in [-0.1, -0.05) is 31.5 Å². The molecule has 1 aliphatic heterocycles. The Kier molecular flexibility index (Phi) is 7.60. The topological polar surface area (TPSA) is 56.5 Å². The lowest BCUT2D eigenvalue weighted by Gasteiger charge is -2.36. The molecule has 4 nitrogen and oxygen atoms in total. The van der Waals surface area contributed by atoms with Gasteiger partial charge in [0.1, 0.15) is 17.4 Å². The Hall–Kier alpha value is -2.51. The zero-order valence-corrected chi connectivity index (χ0v) is 20.4. The van der Waals surface area contributed by atoms with Crippen LogP contribution in [0.5, 0.6) is 5.75 Å². The number of piperidine rings is 1. The van der Waals surface area contributed by atoms with E-state index in [9.17, 15) is 10.4 Å². The molecule has 1 saturated heterocycles. The second-order valence-electron chi connectivity index (χ2n) is 9.90. The van der Waals surface area contributed by atoms with Gasteiger partial charge >= 0.3 is 0 Å². The van der Waals surface area contributed by atoms with Gasteiger partial charge in [0.05, 0.1) is 11.9 Å². The van der Waals surface area contributed by atoms with E-state index in [1.807, 2.05) is 19.1 Å². The van der Waals surface area contributed by atoms with E-state index in [-0.39, 0.29) is 18.1 Å². The molecule has 0 radical (unpaired) electrons. The summed E-state index contributed by atoms with van der Waals surface area (Å²) in [4.78, 5) is 2.49. The van der Waals surface area contributed by atoms with Gasteiger partial charge in [0.2, 0.25) is 0 Å². The van der Waals surface area contributed by atoms with Crippen LogP contribution in [0.15, 0.2) is 42.2 Å². The van der Waals surface area contributed by atoms with Gasteiger partial charge in [-0.15, -0.1) is 0 Å². The number of aliphatic hydroxyl groups excluding tert-OH is 1. The lowest BCUT2D eigenvalue weighted by molar-refractivity contribution is 0.130. The molecule has 0 aromatic heterocycles. The highest BCUT2D eigenvalue weighted by molar-refractivity contribution is 5.90. The van der Waals surface area contributed by atoms with E-state index in [1.54, 1.807) is 0 Å². The van der Waals surface area contributed by atoms with Crippen LogP contribution in [0.4, 0.5) is 0 Å². The number of allylic oxidation sites excluding steroid dienone is 2. The number of ether oxygens (including phenoxy) is 1. The van der Waals surface area contributed by atoms with E-state index in [0.29, 0.717) is 11.3 Å². The van der Waals surface area contributed by atoms with Crippen LogP contribution in [-0.4, -0.2) is 29.2 Å². The summed E-state index contributed by atoms with van der Waals surface area (Å²) in [5, 5.41) is 22.2. The predicted molar refractivity (Wildman–Crippen MR) is 134 cm³/mol. The normalized spacial score (nSPS) is 23.9. The summed E-state index contributed by atoms with van der Waals surface area (Å²) in [6.07, 6.45) is 9.86. The van der Waals surface area contributed by atoms with Crippen molar-refractivity contribution in [2.75, 3.05) is 13.1 Å². The standard InChI is InChI=1S/C29H38N2O2/c1-4-21-6-11-25(12-7-21)33-29-13-10-22-8-9-24(18-26(22)27(29)19-30)20(3)31-16-14-23(15-17-31)28(32)5-2/h5,8-10,13,18,20-21,23,25,32H,4,6-7,11-12,14-17H2,1-3H3. The largest absolute Gasteiger partial charge is 0.512 e. The molecule has 1 atom stereocenters. The summed E-state index contributed by atoms with van der Waals surface area (Å²) >= 11 is 0. The van der Waals surface area contributed by atoms with Crippen molar-refractivity contribution >= 4 is 10.8 Å². The molecule has 1 unspecified atom stereocenters. The molecule has 1 saturated carbocycles. The number of benzene rings is 2. The van der Waals surface area contributed by atoms with Gasteiger partial charge in [-0.05, 0) is 101 Å². The average molecular weight is 447 g/mol. The third-order valence-electron chi connectivity index (χ3n) is 8.06. The SMILES string of the molecule is CC=C(O)C1CCN(C(C)c2ccc3ccc(OC4CCC(CC)CC4)c(C#N)c3c2)CC1.